The van der Waals surface area contributed by atoms with Gasteiger partial charge in [-0.05, 0) is 132 Å². The van der Waals surface area contributed by atoms with E-state index in [1.807, 2.05) is 0 Å². The third-order valence-electron chi connectivity index (χ3n) is 13.8. The van der Waals surface area contributed by atoms with Crippen molar-refractivity contribution in [2.45, 2.75) is 56.0 Å². The second-order valence-corrected chi connectivity index (χ2v) is 16.3. The standard InChI is InChI=1S/C48H48N2O3/c1-51-37-18-13-34(14-19-37)48(33-11-15-35(16-12-33)50-25-27-52-28-26-50)22-21-41-46-44-32-10-9-31(29-32)43(44)38-7-3-4-8-39(38)45(46)40-20-17-36(30-42(40)47(41)53-48)49-23-5-2-6-24-49/h3-4,7-8,11-22,30-32,43-44H,2,5-6,9-10,23-29H2,1H3. The zero-order valence-electron chi connectivity index (χ0n) is 30.7. The van der Waals surface area contributed by atoms with Crippen molar-refractivity contribution in [3.05, 3.63) is 125 Å². The molecule has 6 aliphatic rings. The molecule has 5 heteroatoms. The summed E-state index contributed by atoms with van der Waals surface area (Å²) in [4.78, 5) is 5.01. The molecule has 5 atom stereocenters. The average molecular weight is 701 g/mol. The van der Waals surface area contributed by atoms with Crippen LogP contribution in [0.1, 0.15) is 78.2 Å². The summed E-state index contributed by atoms with van der Waals surface area (Å²) in [6, 6.07) is 34.3. The first-order valence-electron chi connectivity index (χ1n) is 20.1. The molecule has 11 rings (SSSR count). The van der Waals surface area contributed by atoms with Gasteiger partial charge in [-0.1, -0.05) is 60.7 Å². The van der Waals surface area contributed by atoms with Crippen LogP contribution in [0.4, 0.5) is 11.4 Å². The molecule has 5 unspecified atom stereocenters. The Hall–Kier alpha value is -4.74. The fourth-order valence-electron chi connectivity index (χ4n) is 11.4. The lowest BCUT2D eigenvalue weighted by molar-refractivity contribution is 0.122. The van der Waals surface area contributed by atoms with Crippen LogP contribution in [-0.4, -0.2) is 46.5 Å². The van der Waals surface area contributed by atoms with E-state index >= 15 is 0 Å². The highest BCUT2D eigenvalue weighted by molar-refractivity contribution is 6.08. The first-order valence-corrected chi connectivity index (χ1v) is 20.1. The lowest BCUT2D eigenvalue weighted by Gasteiger charge is -2.43. The Kier molecular flexibility index (Phi) is 7.44. The van der Waals surface area contributed by atoms with Crippen molar-refractivity contribution in [3.8, 4) is 22.6 Å². The highest BCUT2D eigenvalue weighted by Crippen LogP contribution is 2.68. The molecule has 0 radical (unpaired) electrons. The summed E-state index contributed by atoms with van der Waals surface area (Å²) in [6.45, 7) is 5.59. The van der Waals surface area contributed by atoms with Gasteiger partial charge in [-0.3, -0.25) is 0 Å². The zero-order chi connectivity index (χ0) is 35.1. The highest BCUT2D eigenvalue weighted by Gasteiger charge is 2.53. The van der Waals surface area contributed by atoms with Crippen LogP contribution in [0.5, 0.6) is 11.5 Å². The zero-order valence-corrected chi connectivity index (χ0v) is 30.7. The van der Waals surface area contributed by atoms with Crippen LogP contribution in [0.15, 0.2) is 97.1 Å². The topological polar surface area (TPSA) is 34.2 Å². The number of piperidine rings is 1. The average Bonchev–Trinajstić information content (AvgIpc) is 3.87. The predicted octanol–water partition coefficient (Wildman–Crippen LogP) is 10.3. The Morgan fingerprint density at radius 2 is 1.40 bits per heavy atom. The minimum absolute atomic E-state index is 0.521. The van der Waals surface area contributed by atoms with Gasteiger partial charge in [-0.2, -0.15) is 0 Å². The molecule has 2 saturated carbocycles. The molecule has 5 aromatic rings. The number of nitrogens with zero attached hydrogens (tertiary/aromatic N) is 2. The number of ether oxygens (including phenoxy) is 3. The summed E-state index contributed by atoms with van der Waals surface area (Å²) >= 11 is 0. The van der Waals surface area contributed by atoms with Crippen molar-refractivity contribution in [2.75, 3.05) is 56.3 Å². The van der Waals surface area contributed by atoms with E-state index in [1.165, 1.54) is 82.9 Å². The number of rotatable bonds is 5. The van der Waals surface area contributed by atoms with Crippen LogP contribution >= 0.6 is 0 Å². The van der Waals surface area contributed by atoms with Crippen molar-refractivity contribution < 1.29 is 14.2 Å². The van der Waals surface area contributed by atoms with E-state index < -0.39 is 5.60 Å². The second kappa shape index (κ2) is 12.4. The van der Waals surface area contributed by atoms with Gasteiger partial charge >= 0.3 is 0 Å². The number of anilines is 2. The van der Waals surface area contributed by atoms with Gasteiger partial charge in [-0.15, -0.1) is 0 Å². The maximum Gasteiger partial charge on any atom is 0.178 e. The lowest BCUT2D eigenvalue weighted by Crippen LogP contribution is -2.37. The van der Waals surface area contributed by atoms with E-state index in [9.17, 15) is 0 Å². The molecular formula is C48H48N2O3. The number of hydrogen-bond donors (Lipinski definition) is 0. The number of methoxy groups -OCH3 is 1. The molecule has 53 heavy (non-hydrogen) atoms. The predicted molar refractivity (Wildman–Crippen MR) is 215 cm³/mol. The van der Waals surface area contributed by atoms with E-state index in [4.69, 9.17) is 14.2 Å². The molecule has 4 fully saturated rings. The summed E-state index contributed by atoms with van der Waals surface area (Å²) in [5, 5.41) is 2.56. The monoisotopic (exact) mass is 700 g/mol. The fraction of sp³-hybridized carbons (Fsp3) is 0.375. The molecule has 0 N–H and O–H groups in total. The van der Waals surface area contributed by atoms with Crippen LogP contribution in [-0.2, 0) is 10.3 Å². The Balaban J connectivity index is 1.15. The Morgan fingerprint density at radius 3 is 2.17 bits per heavy atom. The third kappa shape index (κ3) is 4.85. The fourth-order valence-corrected chi connectivity index (χ4v) is 11.4. The smallest absolute Gasteiger partial charge is 0.178 e. The Bertz CT molecular complexity index is 2230. The molecular weight excluding hydrogens is 653 g/mol. The van der Waals surface area contributed by atoms with E-state index in [0.29, 0.717) is 11.8 Å². The van der Waals surface area contributed by atoms with Crippen LogP contribution < -0.4 is 19.3 Å². The Labute approximate surface area is 313 Å². The highest BCUT2D eigenvalue weighted by atomic mass is 16.5. The minimum atomic E-state index is -0.814. The molecule has 2 bridgehead atoms. The van der Waals surface area contributed by atoms with Gasteiger partial charge in [0.1, 0.15) is 11.5 Å². The molecule has 0 spiro atoms. The van der Waals surface area contributed by atoms with Gasteiger partial charge in [0.25, 0.3) is 0 Å². The van der Waals surface area contributed by atoms with Crippen molar-refractivity contribution in [1.82, 2.24) is 0 Å². The van der Waals surface area contributed by atoms with Crippen LogP contribution in [0.3, 0.4) is 0 Å². The first kappa shape index (κ1) is 31.8. The lowest BCUT2D eigenvalue weighted by atomic mass is 9.63. The maximum atomic E-state index is 7.81. The normalized spacial score (nSPS) is 26.8. The van der Waals surface area contributed by atoms with Crippen molar-refractivity contribution in [1.29, 1.82) is 0 Å². The molecule has 3 heterocycles. The van der Waals surface area contributed by atoms with Gasteiger partial charge in [0.05, 0.1) is 20.3 Å². The quantitative estimate of drug-likeness (QED) is 0.182. The van der Waals surface area contributed by atoms with Gasteiger partial charge in [-0.25, -0.2) is 0 Å². The van der Waals surface area contributed by atoms with E-state index in [0.717, 1.165) is 73.9 Å². The van der Waals surface area contributed by atoms with Crippen molar-refractivity contribution in [3.63, 3.8) is 0 Å². The van der Waals surface area contributed by atoms with Crippen molar-refractivity contribution >= 4 is 28.2 Å². The van der Waals surface area contributed by atoms with Gasteiger partial charge in [0.15, 0.2) is 5.60 Å². The number of fused-ring (bicyclic) bond motifs is 15. The van der Waals surface area contributed by atoms with E-state index in [2.05, 4.69) is 113 Å². The van der Waals surface area contributed by atoms with Gasteiger partial charge < -0.3 is 24.0 Å². The third-order valence-corrected chi connectivity index (χ3v) is 13.8. The molecule has 3 aliphatic heterocycles. The van der Waals surface area contributed by atoms with Crippen LogP contribution in [0.25, 0.3) is 28.0 Å². The van der Waals surface area contributed by atoms with E-state index in [1.54, 1.807) is 12.7 Å². The molecule has 3 aliphatic carbocycles. The number of morpholine rings is 1. The van der Waals surface area contributed by atoms with Crippen molar-refractivity contribution in [2.24, 2.45) is 11.8 Å². The van der Waals surface area contributed by atoms with Crippen LogP contribution in [0, 0.1) is 11.8 Å². The summed E-state index contributed by atoms with van der Waals surface area (Å²) in [6.07, 6.45) is 12.7. The Morgan fingerprint density at radius 1 is 0.698 bits per heavy atom. The summed E-state index contributed by atoms with van der Waals surface area (Å²) in [5.74, 6) is 4.48. The summed E-state index contributed by atoms with van der Waals surface area (Å²) < 4.78 is 19.1. The number of hydrogen-bond acceptors (Lipinski definition) is 5. The maximum absolute atomic E-state index is 7.81. The van der Waals surface area contributed by atoms with E-state index in [-0.39, 0.29) is 0 Å². The van der Waals surface area contributed by atoms with Gasteiger partial charge in [0, 0.05) is 59.6 Å². The largest absolute Gasteiger partial charge is 0.497 e. The molecule has 2 saturated heterocycles. The minimum Gasteiger partial charge on any atom is -0.497 e. The van der Waals surface area contributed by atoms with Gasteiger partial charge in [0.2, 0.25) is 0 Å². The second-order valence-electron chi connectivity index (χ2n) is 16.3. The molecule has 268 valence electrons. The number of benzene rings is 5. The molecule has 5 nitrogen and oxygen atoms in total. The summed E-state index contributed by atoms with van der Waals surface area (Å²) in [7, 11) is 1.73. The molecule has 0 aromatic heterocycles. The first-order chi connectivity index (χ1) is 26.2. The molecule has 0 amide bonds. The van der Waals surface area contributed by atoms with Crippen LogP contribution in [0.2, 0.25) is 0 Å². The SMILES string of the molecule is COc1ccc(C2(c3ccc(N4CCOCC4)cc3)C=Cc3c4c(c5ccc(N6CCCCC6)cc5c3O2)-c2ccccc2C2C3CCC(C3)C42)cc1. The summed E-state index contributed by atoms with van der Waals surface area (Å²) in [5.41, 5.74) is 11.3. The molecule has 5 aromatic carbocycles.